The van der Waals surface area contributed by atoms with E-state index >= 15 is 0 Å². The fourth-order valence-corrected chi connectivity index (χ4v) is 0.956. The summed E-state index contributed by atoms with van der Waals surface area (Å²) in [5.74, 6) is -0.380. The van der Waals surface area contributed by atoms with Gasteiger partial charge in [-0.2, -0.15) is 0 Å². The molecule has 76 valence electrons. The zero-order chi connectivity index (χ0) is 9.90. The van der Waals surface area contributed by atoms with Crippen molar-refractivity contribution >= 4 is 5.91 Å². The van der Waals surface area contributed by atoms with Crippen LogP contribution in [0.15, 0.2) is 0 Å². The SMILES string of the molecule is CC(C)(O)C(=O)NN1CCOCC1. The van der Waals surface area contributed by atoms with Crippen LogP contribution in [-0.4, -0.2) is 47.9 Å². The molecule has 1 fully saturated rings. The van der Waals surface area contributed by atoms with Crippen LogP contribution >= 0.6 is 0 Å². The molecule has 0 spiro atoms. The predicted molar refractivity (Wildman–Crippen MR) is 46.8 cm³/mol. The minimum atomic E-state index is -1.32. The Morgan fingerprint density at radius 1 is 1.46 bits per heavy atom. The summed E-state index contributed by atoms with van der Waals surface area (Å²) in [4.78, 5) is 11.3. The van der Waals surface area contributed by atoms with Crippen LogP contribution in [0.25, 0.3) is 0 Å². The molecule has 0 unspecified atom stereocenters. The standard InChI is InChI=1S/C8H16N2O3/c1-8(2,12)7(11)9-10-3-5-13-6-4-10/h12H,3-6H2,1-2H3,(H,9,11). The third-order valence-corrected chi connectivity index (χ3v) is 1.83. The zero-order valence-electron chi connectivity index (χ0n) is 8.04. The second-order valence-corrected chi connectivity index (χ2v) is 3.60. The van der Waals surface area contributed by atoms with Gasteiger partial charge in [-0.05, 0) is 13.8 Å². The number of nitrogens with zero attached hydrogens (tertiary/aromatic N) is 1. The molecule has 0 atom stereocenters. The smallest absolute Gasteiger partial charge is 0.265 e. The van der Waals surface area contributed by atoms with Gasteiger partial charge in [0.1, 0.15) is 5.60 Å². The number of carbonyl (C=O) groups is 1. The zero-order valence-corrected chi connectivity index (χ0v) is 8.04. The van der Waals surface area contributed by atoms with Gasteiger partial charge in [-0.1, -0.05) is 0 Å². The number of hydrogen-bond donors (Lipinski definition) is 2. The van der Waals surface area contributed by atoms with Crippen molar-refractivity contribution in [3.8, 4) is 0 Å². The van der Waals surface area contributed by atoms with Gasteiger partial charge in [0.15, 0.2) is 0 Å². The summed E-state index contributed by atoms with van der Waals surface area (Å²) in [5, 5.41) is 11.1. The van der Waals surface area contributed by atoms with Crippen molar-refractivity contribution in [3.63, 3.8) is 0 Å². The average Bonchev–Trinajstić information content (AvgIpc) is 2.04. The lowest BCUT2D eigenvalue weighted by atomic mass is 10.1. The lowest BCUT2D eigenvalue weighted by Crippen LogP contribution is -2.54. The highest BCUT2D eigenvalue weighted by molar-refractivity contribution is 5.83. The summed E-state index contributed by atoms with van der Waals surface area (Å²) < 4.78 is 5.11. The Labute approximate surface area is 77.6 Å². The van der Waals surface area contributed by atoms with E-state index in [1.807, 2.05) is 0 Å². The van der Waals surface area contributed by atoms with E-state index in [4.69, 9.17) is 4.74 Å². The van der Waals surface area contributed by atoms with E-state index in [1.165, 1.54) is 13.8 Å². The summed E-state index contributed by atoms with van der Waals surface area (Å²) in [6, 6.07) is 0. The van der Waals surface area contributed by atoms with E-state index in [0.717, 1.165) is 0 Å². The van der Waals surface area contributed by atoms with Crippen molar-refractivity contribution in [1.29, 1.82) is 0 Å². The van der Waals surface area contributed by atoms with Crippen molar-refractivity contribution < 1.29 is 14.6 Å². The topological polar surface area (TPSA) is 61.8 Å². The minimum absolute atomic E-state index is 0.380. The van der Waals surface area contributed by atoms with E-state index in [1.54, 1.807) is 5.01 Å². The first-order chi connectivity index (χ1) is 6.00. The molecule has 0 aromatic carbocycles. The highest BCUT2D eigenvalue weighted by atomic mass is 16.5. The quantitative estimate of drug-likeness (QED) is 0.591. The Kier molecular flexibility index (Phi) is 3.24. The molecular weight excluding hydrogens is 172 g/mol. The van der Waals surface area contributed by atoms with Crippen LogP contribution in [0.1, 0.15) is 13.8 Å². The number of ether oxygens (including phenoxy) is 1. The highest BCUT2D eigenvalue weighted by Gasteiger charge is 2.25. The predicted octanol–water partition coefficient (Wildman–Crippen LogP) is -0.879. The van der Waals surface area contributed by atoms with Gasteiger partial charge in [0.2, 0.25) is 0 Å². The summed E-state index contributed by atoms with van der Waals surface area (Å²) in [7, 11) is 0. The monoisotopic (exact) mass is 188 g/mol. The molecule has 0 aliphatic carbocycles. The maximum atomic E-state index is 11.3. The Hall–Kier alpha value is -0.650. The number of aliphatic hydroxyl groups is 1. The number of rotatable bonds is 2. The van der Waals surface area contributed by atoms with Gasteiger partial charge in [-0.3, -0.25) is 10.2 Å². The van der Waals surface area contributed by atoms with Gasteiger partial charge in [0, 0.05) is 13.1 Å². The van der Waals surface area contributed by atoms with Gasteiger partial charge >= 0.3 is 0 Å². The molecule has 1 amide bonds. The van der Waals surface area contributed by atoms with Gasteiger partial charge in [0.25, 0.3) is 5.91 Å². The van der Waals surface area contributed by atoms with Crippen LogP contribution in [0.2, 0.25) is 0 Å². The summed E-state index contributed by atoms with van der Waals surface area (Å²) >= 11 is 0. The third kappa shape index (κ3) is 3.30. The summed E-state index contributed by atoms with van der Waals surface area (Å²) in [6.45, 7) is 5.49. The first kappa shape index (κ1) is 10.4. The number of nitrogens with one attached hydrogen (secondary N) is 1. The van der Waals surface area contributed by atoms with Gasteiger partial charge in [-0.25, -0.2) is 5.01 Å². The fraction of sp³-hybridized carbons (Fsp3) is 0.875. The second kappa shape index (κ2) is 4.04. The summed E-state index contributed by atoms with van der Waals surface area (Å²) in [6.07, 6.45) is 0. The van der Waals surface area contributed by atoms with Crippen molar-refractivity contribution in [2.45, 2.75) is 19.4 Å². The van der Waals surface area contributed by atoms with Crippen LogP contribution < -0.4 is 5.43 Å². The first-order valence-corrected chi connectivity index (χ1v) is 4.36. The largest absolute Gasteiger partial charge is 0.381 e. The average molecular weight is 188 g/mol. The Morgan fingerprint density at radius 2 is 2.00 bits per heavy atom. The maximum Gasteiger partial charge on any atom is 0.265 e. The lowest BCUT2D eigenvalue weighted by molar-refractivity contribution is -0.143. The molecule has 1 aliphatic heterocycles. The van der Waals surface area contributed by atoms with E-state index < -0.39 is 5.60 Å². The number of morpholine rings is 1. The minimum Gasteiger partial charge on any atom is -0.381 e. The lowest BCUT2D eigenvalue weighted by Gasteiger charge is -2.29. The van der Waals surface area contributed by atoms with E-state index in [-0.39, 0.29) is 5.91 Å². The Morgan fingerprint density at radius 3 is 2.46 bits per heavy atom. The molecule has 1 rings (SSSR count). The van der Waals surface area contributed by atoms with Crippen LogP contribution in [-0.2, 0) is 9.53 Å². The molecular formula is C8H16N2O3. The Balaban J connectivity index is 2.35. The fourth-order valence-electron chi connectivity index (χ4n) is 0.956. The van der Waals surface area contributed by atoms with Gasteiger partial charge in [-0.15, -0.1) is 0 Å². The molecule has 2 N–H and O–H groups in total. The molecule has 0 aromatic heterocycles. The van der Waals surface area contributed by atoms with Crippen molar-refractivity contribution in [1.82, 2.24) is 10.4 Å². The Bertz CT molecular complexity index is 182. The van der Waals surface area contributed by atoms with Crippen molar-refractivity contribution in [2.75, 3.05) is 26.3 Å². The normalized spacial score (nSPS) is 19.9. The van der Waals surface area contributed by atoms with Crippen LogP contribution in [0.3, 0.4) is 0 Å². The number of hydrogen-bond acceptors (Lipinski definition) is 4. The van der Waals surface area contributed by atoms with Crippen LogP contribution in [0.5, 0.6) is 0 Å². The molecule has 5 heteroatoms. The molecule has 13 heavy (non-hydrogen) atoms. The summed E-state index contributed by atoms with van der Waals surface area (Å²) in [5.41, 5.74) is 1.30. The molecule has 1 saturated heterocycles. The third-order valence-electron chi connectivity index (χ3n) is 1.83. The van der Waals surface area contributed by atoms with Crippen molar-refractivity contribution in [3.05, 3.63) is 0 Å². The number of hydrazine groups is 1. The van der Waals surface area contributed by atoms with Gasteiger partial charge in [0.05, 0.1) is 13.2 Å². The van der Waals surface area contributed by atoms with E-state index in [0.29, 0.717) is 26.3 Å². The molecule has 0 saturated carbocycles. The maximum absolute atomic E-state index is 11.3. The first-order valence-electron chi connectivity index (χ1n) is 4.36. The van der Waals surface area contributed by atoms with E-state index in [2.05, 4.69) is 5.43 Å². The molecule has 5 nitrogen and oxygen atoms in total. The molecule has 0 bridgehead atoms. The highest BCUT2D eigenvalue weighted by Crippen LogP contribution is 2.01. The number of amides is 1. The van der Waals surface area contributed by atoms with Crippen LogP contribution in [0.4, 0.5) is 0 Å². The van der Waals surface area contributed by atoms with Gasteiger partial charge < -0.3 is 9.84 Å². The molecule has 1 heterocycles. The number of carbonyl (C=O) groups excluding carboxylic acids is 1. The molecule has 0 aromatic rings. The van der Waals surface area contributed by atoms with Crippen molar-refractivity contribution in [2.24, 2.45) is 0 Å². The molecule has 0 radical (unpaired) electrons. The van der Waals surface area contributed by atoms with Crippen LogP contribution in [0, 0.1) is 0 Å². The second-order valence-electron chi connectivity index (χ2n) is 3.60. The molecule has 1 aliphatic rings. The van der Waals surface area contributed by atoms with E-state index in [9.17, 15) is 9.90 Å².